The topological polar surface area (TPSA) is 0 Å². The largest absolute Gasteiger partial charge is 0.0842 e. The van der Waals surface area contributed by atoms with Gasteiger partial charge >= 0.3 is 0 Å². The maximum absolute atomic E-state index is 2.18. The molecule has 0 unspecified atom stereocenters. The summed E-state index contributed by atoms with van der Waals surface area (Å²) in [6, 6.07) is 0. The first-order valence-electron chi connectivity index (χ1n) is 3.65. The maximum Gasteiger partial charge on any atom is -0.0313 e. The van der Waals surface area contributed by atoms with E-state index < -0.39 is 0 Å². The highest BCUT2D eigenvalue weighted by Crippen LogP contribution is 1.95. The molecule has 0 radical (unpaired) electrons. The lowest BCUT2D eigenvalue weighted by atomic mass is 10.2. The summed E-state index contributed by atoms with van der Waals surface area (Å²) < 4.78 is 0. The van der Waals surface area contributed by atoms with Crippen molar-refractivity contribution >= 4 is 0 Å². The molecule has 10 heavy (non-hydrogen) atoms. The predicted octanol–water partition coefficient (Wildman–Crippen LogP) is 3.01. The lowest BCUT2D eigenvalue weighted by Crippen LogP contribution is -1.64. The number of hydrogen-bond acceptors (Lipinski definition) is 0. The van der Waals surface area contributed by atoms with Gasteiger partial charge in [0.05, 0.1) is 0 Å². The Morgan fingerprint density at radius 2 is 0.900 bits per heavy atom. The molecule has 0 aromatic carbocycles. The Balaban J connectivity index is 2.53. The smallest absolute Gasteiger partial charge is 0.0313 e. The summed E-state index contributed by atoms with van der Waals surface area (Å²) in [5, 5.41) is 0. The van der Waals surface area contributed by atoms with Crippen molar-refractivity contribution in [3.63, 3.8) is 0 Å². The monoisotopic (exact) mass is 132 g/mol. The van der Waals surface area contributed by atoms with Crippen molar-refractivity contribution in [2.45, 2.75) is 12.8 Å². The molecule has 0 saturated carbocycles. The molecule has 1 aliphatic carbocycles. The van der Waals surface area contributed by atoms with E-state index in [0.29, 0.717) is 0 Å². The van der Waals surface area contributed by atoms with Gasteiger partial charge in [-0.15, -0.1) is 0 Å². The van der Waals surface area contributed by atoms with E-state index in [2.05, 4.69) is 36.5 Å². The molecular formula is C10H12. The van der Waals surface area contributed by atoms with Crippen LogP contribution in [0.5, 0.6) is 0 Å². The zero-order valence-electron chi connectivity index (χ0n) is 6.03. The highest BCUT2D eigenvalue weighted by atomic mass is 13.8. The summed E-state index contributed by atoms with van der Waals surface area (Å²) in [5.74, 6) is 0. The third-order valence-electron chi connectivity index (χ3n) is 1.33. The first kappa shape index (κ1) is 7.07. The summed E-state index contributed by atoms with van der Waals surface area (Å²) in [6.45, 7) is 0. The van der Waals surface area contributed by atoms with Gasteiger partial charge in [-0.1, -0.05) is 48.6 Å². The van der Waals surface area contributed by atoms with E-state index in [1.54, 1.807) is 0 Å². The highest BCUT2D eigenvalue weighted by molar-refractivity contribution is 5.16. The van der Waals surface area contributed by atoms with Gasteiger partial charge in [0.1, 0.15) is 0 Å². The minimum absolute atomic E-state index is 1.15. The lowest BCUT2D eigenvalue weighted by molar-refractivity contribution is 1.05. The van der Waals surface area contributed by atoms with Crippen molar-refractivity contribution in [3.8, 4) is 0 Å². The zero-order valence-corrected chi connectivity index (χ0v) is 6.03. The van der Waals surface area contributed by atoms with Crippen LogP contribution in [-0.4, -0.2) is 0 Å². The van der Waals surface area contributed by atoms with Crippen LogP contribution in [0.4, 0.5) is 0 Å². The van der Waals surface area contributed by atoms with Crippen LogP contribution < -0.4 is 0 Å². The van der Waals surface area contributed by atoms with Crippen LogP contribution >= 0.6 is 0 Å². The molecular weight excluding hydrogens is 120 g/mol. The summed E-state index contributed by atoms with van der Waals surface area (Å²) in [5.41, 5.74) is 0. The maximum atomic E-state index is 2.18. The van der Waals surface area contributed by atoms with Gasteiger partial charge in [-0.3, -0.25) is 0 Å². The quantitative estimate of drug-likeness (QED) is 0.475. The minimum Gasteiger partial charge on any atom is -0.0842 e. The summed E-state index contributed by atoms with van der Waals surface area (Å²) >= 11 is 0. The van der Waals surface area contributed by atoms with Crippen LogP contribution in [0.25, 0.3) is 0 Å². The SMILES string of the molecule is C1=C\C=C\CC\C=C/C=C/1. The van der Waals surface area contributed by atoms with Crippen LogP contribution in [-0.2, 0) is 0 Å². The number of rotatable bonds is 0. The molecule has 52 valence electrons. The van der Waals surface area contributed by atoms with Gasteiger partial charge in [0, 0.05) is 0 Å². The van der Waals surface area contributed by atoms with Gasteiger partial charge in [-0.2, -0.15) is 0 Å². The zero-order chi connectivity index (χ0) is 7.07. The number of allylic oxidation sites excluding steroid dienone is 8. The molecule has 0 aromatic rings. The van der Waals surface area contributed by atoms with E-state index in [0.717, 1.165) is 12.8 Å². The molecule has 0 aliphatic heterocycles. The van der Waals surface area contributed by atoms with Crippen molar-refractivity contribution in [2.75, 3.05) is 0 Å². The van der Waals surface area contributed by atoms with E-state index in [9.17, 15) is 0 Å². The van der Waals surface area contributed by atoms with E-state index >= 15 is 0 Å². The molecule has 0 saturated heterocycles. The molecule has 0 fully saturated rings. The molecule has 0 spiro atoms. The Hall–Kier alpha value is -1.04. The Bertz CT molecular complexity index is 158. The second-order valence-electron chi connectivity index (χ2n) is 2.20. The molecule has 1 aliphatic rings. The van der Waals surface area contributed by atoms with Gasteiger partial charge in [0.15, 0.2) is 0 Å². The van der Waals surface area contributed by atoms with Crippen LogP contribution in [0.3, 0.4) is 0 Å². The summed E-state index contributed by atoms with van der Waals surface area (Å²) in [4.78, 5) is 0. The fraction of sp³-hybridized carbons (Fsp3) is 0.200. The average Bonchev–Trinajstić information content (AvgIpc) is 2.01. The van der Waals surface area contributed by atoms with Gasteiger partial charge < -0.3 is 0 Å². The summed E-state index contributed by atoms with van der Waals surface area (Å²) in [6.07, 6.45) is 19.0. The van der Waals surface area contributed by atoms with Gasteiger partial charge in [-0.05, 0) is 12.8 Å². The Kier molecular flexibility index (Phi) is 3.40. The van der Waals surface area contributed by atoms with E-state index in [1.807, 2.05) is 12.2 Å². The normalized spacial score (nSPS) is 30.4. The Morgan fingerprint density at radius 1 is 0.500 bits per heavy atom. The summed E-state index contributed by atoms with van der Waals surface area (Å²) in [7, 11) is 0. The number of hydrogen-bond donors (Lipinski definition) is 0. The molecule has 0 amide bonds. The van der Waals surface area contributed by atoms with Crippen LogP contribution in [0.2, 0.25) is 0 Å². The van der Waals surface area contributed by atoms with Crippen molar-refractivity contribution in [3.05, 3.63) is 48.6 Å². The second-order valence-corrected chi connectivity index (χ2v) is 2.20. The van der Waals surface area contributed by atoms with E-state index in [-0.39, 0.29) is 0 Å². The van der Waals surface area contributed by atoms with Crippen LogP contribution in [0.15, 0.2) is 48.6 Å². The van der Waals surface area contributed by atoms with Crippen LogP contribution in [0.1, 0.15) is 12.8 Å². The van der Waals surface area contributed by atoms with Gasteiger partial charge in [0.25, 0.3) is 0 Å². The van der Waals surface area contributed by atoms with E-state index in [1.165, 1.54) is 0 Å². The van der Waals surface area contributed by atoms with E-state index in [4.69, 9.17) is 0 Å². The first-order valence-corrected chi connectivity index (χ1v) is 3.65. The molecule has 0 nitrogen and oxygen atoms in total. The fourth-order valence-electron chi connectivity index (χ4n) is 0.799. The lowest BCUT2D eigenvalue weighted by Gasteiger charge is -1.85. The Morgan fingerprint density at radius 3 is 1.40 bits per heavy atom. The average molecular weight is 132 g/mol. The molecule has 0 N–H and O–H groups in total. The molecule has 0 bridgehead atoms. The second kappa shape index (κ2) is 4.80. The minimum atomic E-state index is 1.15. The Labute approximate surface area is 62.3 Å². The van der Waals surface area contributed by atoms with Crippen molar-refractivity contribution < 1.29 is 0 Å². The molecule has 0 atom stereocenters. The van der Waals surface area contributed by atoms with Crippen molar-refractivity contribution in [2.24, 2.45) is 0 Å². The third-order valence-corrected chi connectivity index (χ3v) is 1.33. The fourth-order valence-corrected chi connectivity index (χ4v) is 0.799. The predicted molar refractivity (Wildman–Crippen MR) is 45.8 cm³/mol. The third kappa shape index (κ3) is 3.08. The van der Waals surface area contributed by atoms with Crippen molar-refractivity contribution in [1.29, 1.82) is 0 Å². The highest BCUT2D eigenvalue weighted by Gasteiger charge is 1.74. The molecule has 1 rings (SSSR count). The van der Waals surface area contributed by atoms with Gasteiger partial charge in [0.2, 0.25) is 0 Å². The van der Waals surface area contributed by atoms with Crippen molar-refractivity contribution in [1.82, 2.24) is 0 Å². The van der Waals surface area contributed by atoms with Gasteiger partial charge in [-0.25, -0.2) is 0 Å². The standard InChI is InChI=1S/C10H12/c1-2-4-6-8-10-9-7-5-3-1/h1-8H,9-10H2/b3-1-,4-2+,7-5+,8-6-. The molecule has 0 heteroatoms. The first-order chi connectivity index (χ1) is 5.00. The molecule has 0 aromatic heterocycles. The van der Waals surface area contributed by atoms with Crippen LogP contribution in [0, 0.1) is 0 Å². The molecule has 0 heterocycles.